The Balaban J connectivity index is 2.31. The van der Waals surface area contributed by atoms with E-state index in [9.17, 15) is 4.39 Å². The number of benzene rings is 2. The van der Waals surface area contributed by atoms with E-state index in [4.69, 9.17) is 22.1 Å². The van der Waals surface area contributed by atoms with Crippen molar-refractivity contribution < 1.29 is 9.13 Å². The summed E-state index contributed by atoms with van der Waals surface area (Å²) >= 11 is 8.91. The SMILES string of the molecule is Nc1c(Cl)cccc1Oc1ccc(Br)c(F)c1. The van der Waals surface area contributed by atoms with Gasteiger partial charge >= 0.3 is 0 Å². The molecule has 0 spiro atoms. The van der Waals surface area contributed by atoms with Crippen LogP contribution in [0.4, 0.5) is 10.1 Å². The van der Waals surface area contributed by atoms with Gasteiger partial charge in [0.15, 0.2) is 5.75 Å². The predicted molar refractivity (Wildman–Crippen MR) is 70.0 cm³/mol. The maximum atomic E-state index is 13.3. The summed E-state index contributed by atoms with van der Waals surface area (Å²) in [6.07, 6.45) is 0. The van der Waals surface area contributed by atoms with Gasteiger partial charge in [0.25, 0.3) is 0 Å². The second kappa shape index (κ2) is 4.94. The zero-order chi connectivity index (χ0) is 12.4. The van der Waals surface area contributed by atoms with Crippen LogP contribution in [0.15, 0.2) is 40.9 Å². The molecule has 0 amide bonds. The minimum absolute atomic E-state index is 0.331. The monoisotopic (exact) mass is 315 g/mol. The summed E-state index contributed by atoms with van der Waals surface area (Å²) in [6, 6.07) is 9.50. The van der Waals surface area contributed by atoms with Crippen molar-refractivity contribution in [3.8, 4) is 11.5 Å². The topological polar surface area (TPSA) is 35.2 Å². The van der Waals surface area contributed by atoms with E-state index in [0.29, 0.717) is 26.7 Å². The zero-order valence-corrected chi connectivity index (χ0v) is 10.9. The van der Waals surface area contributed by atoms with Crippen molar-refractivity contribution in [2.75, 3.05) is 5.73 Å². The number of hydrogen-bond acceptors (Lipinski definition) is 2. The highest BCUT2D eigenvalue weighted by Crippen LogP contribution is 2.33. The summed E-state index contributed by atoms with van der Waals surface area (Å²) in [5.74, 6) is 0.363. The van der Waals surface area contributed by atoms with Gasteiger partial charge in [0.2, 0.25) is 0 Å². The Morgan fingerprint density at radius 3 is 2.71 bits per heavy atom. The molecule has 2 N–H and O–H groups in total. The first-order valence-electron chi connectivity index (χ1n) is 4.75. The Bertz CT molecular complexity index is 562. The number of nitrogen functional groups attached to an aromatic ring is 1. The van der Waals surface area contributed by atoms with Crippen molar-refractivity contribution >= 4 is 33.2 Å². The Kier molecular flexibility index (Phi) is 3.54. The fourth-order valence-corrected chi connectivity index (χ4v) is 1.69. The third-order valence-electron chi connectivity index (χ3n) is 2.13. The number of para-hydroxylation sites is 1. The molecule has 0 heterocycles. The highest BCUT2D eigenvalue weighted by molar-refractivity contribution is 9.10. The highest BCUT2D eigenvalue weighted by Gasteiger charge is 2.07. The van der Waals surface area contributed by atoms with E-state index in [1.165, 1.54) is 6.07 Å². The van der Waals surface area contributed by atoms with Gasteiger partial charge in [-0.15, -0.1) is 0 Å². The second-order valence-corrected chi connectivity index (χ2v) is 4.59. The number of nitrogens with two attached hydrogens (primary N) is 1. The van der Waals surface area contributed by atoms with Crippen LogP contribution in [-0.4, -0.2) is 0 Å². The fourth-order valence-electron chi connectivity index (χ4n) is 1.27. The molecule has 0 saturated heterocycles. The lowest BCUT2D eigenvalue weighted by atomic mass is 10.3. The quantitative estimate of drug-likeness (QED) is 0.821. The smallest absolute Gasteiger partial charge is 0.151 e. The molecule has 0 bridgehead atoms. The van der Waals surface area contributed by atoms with Crippen molar-refractivity contribution in [3.05, 3.63) is 51.7 Å². The van der Waals surface area contributed by atoms with Gasteiger partial charge in [0.05, 0.1) is 15.2 Å². The van der Waals surface area contributed by atoms with Crippen LogP contribution < -0.4 is 10.5 Å². The number of hydrogen-bond donors (Lipinski definition) is 1. The lowest BCUT2D eigenvalue weighted by molar-refractivity contribution is 0.478. The first-order valence-corrected chi connectivity index (χ1v) is 5.92. The molecule has 17 heavy (non-hydrogen) atoms. The highest BCUT2D eigenvalue weighted by atomic mass is 79.9. The van der Waals surface area contributed by atoms with Gasteiger partial charge in [0.1, 0.15) is 11.6 Å². The van der Waals surface area contributed by atoms with Crippen molar-refractivity contribution in [1.29, 1.82) is 0 Å². The van der Waals surface area contributed by atoms with Gasteiger partial charge in [-0.2, -0.15) is 0 Å². The van der Waals surface area contributed by atoms with Crippen molar-refractivity contribution in [2.24, 2.45) is 0 Å². The first-order chi connectivity index (χ1) is 8.08. The maximum Gasteiger partial charge on any atom is 0.151 e. The Morgan fingerprint density at radius 2 is 2.00 bits per heavy atom. The lowest BCUT2D eigenvalue weighted by Gasteiger charge is -2.09. The summed E-state index contributed by atoms with van der Waals surface area (Å²) in [5, 5.41) is 0.403. The molecule has 2 rings (SSSR count). The second-order valence-electron chi connectivity index (χ2n) is 3.33. The molecule has 0 aliphatic rings. The first kappa shape index (κ1) is 12.2. The van der Waals surface area contributed by atoms with Crippen LogP contribution in [0.25, 0.3) is 0 Å². The van der Waals surface area contributed by atoms with E-state index in [1.54, 1.807) is 30.3 Å². The molecule has 2 aromatic carbocycles. The number of rotatable bonds is 2. The number of halogens is 3. The van der Waals surface area contributed by atoms with E-state index in [2.05, 4.69) is 15.9 Å². The molecule has 0 aliphatic heterocycles. The van der Waals surface area contributed by atoms with E-state index in [1.807, 2.05) is 0 Å². The van der Waals surface area contributed by atoms with E-state index < -0.39 is 5.82 Å². The average molecular weight is 317 g/mol. The van der Waals surface area contributed by atoms with Crippen molar-refractivity contribution in [3.63, 3.8) is 0 Å². The molecule has 0 fully saturated rings. The van der Waals surface area contributed by atoms with Crippen LogP contribution in [0.3, 0.4) is 0 Å². The summed E-state index contributed by atoms with van der Waals surface area (Å²) in [4.78, 5) is 0. The zero-order valence-electron chi connectivity index (χ0n) is 8.58. The Morgan fingerprint density at radius 1 is 1.24 bits per heavy atom. The third kappa shape index (κ3) is 2.70. The van der Waals surface area contributed by atoms with Crippen LogP contribution in [0, 0.1) is 5.82 Å². The minimum atomic E-state index is -0.400. The largest absolute Gasteiger partial charge is 0.455 e. The van der Waals surface area contributed by atoms with E-state index >= 15 is 0 Å². The van der Waals surface area contributed by atoms with Crippen LogP contribution in [0.2, 0.25) is 5.02 Å². The molecule has 88 valence electrons. The summed E-state index contributed by atoms with van der Waals surface area (Å²) in [5.41, 5.74) is 6.07. The van der Waals surface area contributed by atoms with Crippen LogP contribution in [0.1, 0.15) is 0 Å². The van der Waals surface area contributed by atoms with Gasteiger partial charge in [-0.05, 0) is 40.2 Å². The molecule has 0 unspecified atom stereocenters. The molecule has 5 heteroatoms. The Hall–Kier alpha value is -1.26. The molecule has 0 aliphatic carbocycles. The molecule has 2 aromatic rings. The molecular weight excluding hydrogens is 308 g/mol. The maximum absolute atomic E-state index is 13.3. The van der Waals surface area contributed by atoms with Gasteiger partial charge in [-0.3, -0.25) is 0 Å². The van der Waals surface area contributed by atoms with E-state index in [0.717, 1.165) is 0 Å². The normalized spacial score (nSPS) is 10.3. The van der Waals surface area contributed by atoms with Crippen molar-refractivity contribution in [2.45, 2.75) is 0 Å². The van der Waals surface area contributed by atoms with Gasteiger partial charge in [-0.1, -0.05) is 17.7 Å². The number of ether oxygens (including phenoxy) is 1. The third-order valence-corrected chi connectivity index (χ3v) is 3.10. The molecule has 0 saturated carbocycles. The van der Waals surface area contributed by atoms with E-state index in [-0.39, 0.29) is 0 Å². The van der Waals surface area contributed by atoms with Gasteiger partial charge in [-0.25, -0.2) is 4.39 Å². The summed E-state index contributed by atoms with van der Waals surface area (Å²) in [6.45, 7) is 0. The fraction of sp³-hybridized carbons (Fsp3) is 0. The molecule has 0 atom stereocenters. The average Bonchev–Trinajstić information content (AvgIpc) is 2.30. The predicted octanol–water partition coefficient (Wildman–Crippen LogP) is 4.62. The summed E-state index contributed by atoms with van der Waals surface area (Å²) < 4.78 is 19.1. The van der Waals surface area contributed by atoms with Gasteiger partial charge in [0, 0.05) is 6.07 Å². The molecule has 0 radical (unpaired) electrons. The van der Waals surface area contributed by atoms with Crippen molar-refractivity contribution in [1.82, 2.24) is 0 Å². The minimum Gasteiger partial charge on any atom is -0.455 e. The van der Waals surface area contributed by atoms with Crippen LogP contribution in [-0.2, 0) is 0 Å². The summed E-state index contributed by atoms with van der Waals surface area (Å²) in [7, 11) is 0. The van der Waals surface area contributed by atoms with Crippen LogP contribution in [0.5, 0.6) is 11.5 Å². The molecule has 0 aromatic heterocycles. The molecular formula is C12H8BrClFNO. The number of anilines is 1. The standard InChI is InChI=1S/C12H8BrClFNO/c13-8-5-4-7(6-10(8)15)17-11-3-1-2-9(14)12(11)16/h1-6H,16H2. The molecule has 2 nitrogen and oxygen atoms in total. The Labute approximate surface area is 111 Å². The van der Waals surface area contributed by atoms with Gasteiger partial charge < -0.3 is 10.5 Å². The lowest BCUT2D eigenvalue weighted by Crippen LogP contribution is -1.93. The van der Waals surface area contributed by atoms with Crippen LogP contribution >= 0.6 is 27.5 Å².